The van der Waals surface area contributed by atoms with E-state index in [1.165, 1.54) is 4.68 Å². The maximum atomic E-state index is 11.1. The number of hydrogen-bond donors (Lipinski definition) is 1. The summed E-state index contributed by atoms with van der Waals surface area (Å²) in [7, 11) is 0. The van der Waals surface area contributed by atoms with Crippen LogP contribution in [-0.4, -0.2) is 36.2 Å². The second-order valence-electron chi connectivity index (χ2n) is 4.92. The summed E-state index contributed by atoms with van der Waals surface area (Å²) in [4.78, 5) is 15.4. The Morgan fingerprint density at radius 2 is 2.30 bits per heavy atom. The van der Waals surface area contributed by atoms with Crippen LogP contribution in [0, 0.1) is 0 Å². The Balaban J connectivity index is 1.83. The molecule has 0 saturated heterocycles. The molecule has 0 unspecified atom stereocenters. The van der Waals surface area contributed by atoms with E-state index < -0.39 is 5.97 Å². The maximum Gasteiger partial charge on any atom is 0.358 e. The minimum Gasteiger partial charge on any atom is -0.476 e. The van der Waals surface area contributed by atoms with Gasteiger partial charge in [-0.15, -0.1) is 5.10 Å². The van der Waals surface area contributed by atoms with Crippen LogP contribution in [0.25, 0.3) is 0 Å². The third-order valence-electron chi connectivity index (χ3n) is 3.23. The Labute approximate surface area is 114 Å². The summed E-state index contributed by atoms with van der Waals surface area (Å²) in [5, 5.41) is 20.6. The Morgan fingerprint density at radius 1 is 1.50 bits per heavy atom. The highest BCUT2D eigenvalue weighted by Gasteiger charge is 2.30. The predicted molar refractivity (Wildman–Crippen MR) is 66.4 cm³/mol. The topological polar surface area (TPSA) is 107 Å². The fourth-order valence-electron chi connectivity index (χ4n) is 2.07. The van der Waals surface area contributed by atoms with Crippen LogP contribution in [-0.2, 0) is 13.0 Å². The first-order valence-corrected chi connectivity index (χ1v) is 6.67. The minimum atomic E-state index is -1.06. The monoisotopic (exact) mass is 277 g/mol. The van der Waals surface area contributed by atoms with Crippen molar-refractivity contribution in [1.29, 1.82) is 0 Å². The van der Waals surface area contributed by atoms with Crippen LogP contribution >= 0.6 is 0 Å². The van der Waals surface area contributed by atoms with Crippen molar-refractivity contribution in [2.75, 3.05) is 0 Å². The largest absolute Gasteiger partial charge is 0.476 e. The predicted octanol–water partition coefficient (Wildman–Crippen LogP) is 1.24. The van der Waals surface area contributed by atoms with Crippen LogP contribution in [0.2, 0.25) is 0 Å². The van der Waals surface area contributed by atoms with E-state index in [0.717, 1.165) is 19.3 Å². The van der Waals surface area contributed by atoms with Gasteiger partial charge in [-0.25, -0.2) is 9.48 Å². The highest BCUT2D eigenvalue weighted by Crippen LogP contribution is 2.38. The average Bonchev–Trinajstić information content (AvgIpc) is 3.04. The molecule has 3 rings (SSSR count). The van der Waals surface area contributed by atoms with Crippen LogP contribution in [0.15, 0.2) is 4.52 Å². The van der Waals surface area contributed by atoms with Gasteiger partial charge in [-0.2, -0.15) is 4.98 Å². The van der Waals surface area contributed by atoms with E-state index in [1.807, 2.05) is 6.92 Å². The third-order valence-corrected chi connectivity index (χ3v) is 3.23. The molecule has 0 bridgehead atoms. The summed E-state index contributed by atoms with van der Waals surface area (Å²) < 4.78 is 6.71. The molecular formula is C12H15N5O3. The maximum absolute atomic E-state index is 11.1. The van der Waals surface area contributed by atoms with Gasteiger partial charge in [-0.1, -0.05) is 23.7 Å². The molecule has 1 aliphatic carbocycles. The number of nitrogens with zero attached hydrogens (tertiary/aromatic N) is 5. The first-order valence-electron chi connectivity index (χ1n) is 6.67. The van der Waals surface area contributed by atoms with E-state index in [-0.39, 0.29) is 12.2 Å². The van der Waals surface area contributed by atoms with Crippen molar-refractivity contribution in [3.63, 3.8) is 0 Å². The zero-order valence-corrected chi connectivity index (χ0v) is 11.1. The number of carboxylic acid groups (broad SMARTS) is 1. The molecule has 0 aromatic carbocycles. The quantitative estimate of drug-likeness (QED) is 0.846. The van der Waals surface area contributed by atoms with Gasteiger partial charge in [0.25, 0.3) is 0 Å². The summed E-state index contributed by atoms with van der Waals surface area (Å²) in [6, 6.07) is 0. The van der Waals surface area contributed by atoms with Crippen molar-refractivity contribution in [2.45, 2.75) is 45.1 Å². The lowest BCUT2D eigenvalue weighted by Gasteiger charge is -2.02. The average molecular weight is 277 g/mol. The number of carboxylic acids is 1. The minimum absolute atomic E-state index is 0.00207. The van der Waals surface area contributed by atoms with Gasteiger partial charge in [0.05, 0.1) is 5.69 Å². The normalized spacial score (nSPS) is 14.7. The lowest BCUT2D eigenvalue weighted by atomic mass is 10.2. The van der Waals surface area contributed by atoms with Crippen molar-refractivity contribution in [2.24, 2.45) is 0 Å². The van der Waals surface area contributed by atoms with E-state index >= 15 is 0 Å². The summed E-state index contributed by atoms with van der Waals surface area (Å²) >= 11 is 0. The van der Waals surface area contributed by atoms with Gasteiger partial charge < -0.3 is 9.63 Å². The zero-order chi connectivity index (χ0) is 14.1. The molecule has 1 saturated carbocycles. The number of aromatic carboxylic acids is 1. The van der Waals surface area contributed by atoms with Gasteiger partial charge in [-0.05, 0) is 19.3 Å². The third kappa shape index (κ3) is 2.40. The van der Waals surface area contributed by atoms with Gasteiger partial charge in [0.2, 0.25) is 5.89 Å². The van der Waals surface area contributed by atoms with Crippen molar-refractivity contribution >= 4 is 5.97 Å². The molecule has 2 aromatic heterocycles. The molecule has 0 atom stereocenters. The number of aromatic nitrogens is 5. The summed E-state index contributed by atoms with van der Waals surface area (Å²) in [5.74, 6) is 0.505. The van der Waals surface area contributed by atoms with Gasteiger partial charge in [0.15, 0.2) is 11.5 Å². The van der Waals surface area contributed by atoms with Gasteiger partial charge in [0, 0.05) is 5.92 Å². The van der Waals surface area contributed by atoms with E-state index in [2.05, 4.69) is 20.5 Å². The smallest absolute Gasteiger partial charge is 0.358 e. The molecule has 106 valence electrons. The Hall–Kier alpha value is -2.25. The lowest BCUT2D eigenvalue weighted by molar-refractivity contribution is 0.0689. The molecule has 0 spiro atoms. The Bertz CT molecular complexity index is 629. The summed E-state index contributed by atoms with van der Waals surface area (Å²) in [6.45, 7) is 2.26. The molecule has 0 amide bonds. The molecule has 0 radical (unpaired) electrons. The first kappa shape index (κ1) is 12.8. The molecule has 2 heterocycles. The molecule has 1 fully saturated rings. The van der Waals surface area contributed by atoms with Crippen molar-refractivity contribution in [3.05, 3.63) is 23.1 Å². The number of rotatable bonds is 6. The lowest BCUT2D eigenvalue weighted by Crippen LogP contribution is -2.10. The van der Waals surface area contributed by atoms with Gasteiger partial charge in [-0.3, -0.25) is 0 Å². The SMILES string of the molecule is CCCc1c(C(=O)O)nnn1Cc1noc(C2CC2)n1. The standard InChI is InChI=1S/C12H15N5O3/c1-2-3-8-10(12(18)19)14-16-17(8)6-9-13-11(20-15-9)7-4-5-7/h7H,2-6H2,1H3,(H,18,19). The molecule has 1 N–H and O–H groups in total. The zero-order valence-electron chi connectivity index (χ0n) is 11.1. The van der Waals surface area contributed by atoms with Crippen molar-refractivity contribution in [3.8, 4) is 0 Å². The highest BCUT2D eigenvalue weighted by molar-refractivity contribution is 5.86. The summed E-state index contributed by atoms with van der Waals surface area (Å²) in [6.07, 6.45) is 3.60. The van der Waals surface area contributed by atoms with Crippen LogP contribution in [0.4, 0.5) is 0 Å². The second kappa shape index (κ2) is 5.03. The van der Waals surface area contributed by atoms with E-state index in [4.69, 9.17) is 9.63 Å². The van der Waals surface area contributed by atoms with Gasteiger partial charge >= 0.3 is 5.97 Å². The van der Waals surface area contributed by atoms with Gasteiger partial charge in [0.1, 0.15) is 6.54 Å². The van der Waals surface area contributed by atoms with Crippen LogP contribution in [0.1, 0.15) is 60.0 Å². The molecule has 8 heteroatoms. The van der Waals surface area contributed by atoms with Crippen LogP contribution in [0.3, 0.4) is 0 Å². The van der Waals surface area contributed by atoms with E-state index in [1.54, 1.807) is 0 Å². The van der Waals surface area contributed by atoms with E-state index in [9.17, 15) is 4.79 Å². The molecule has 0 aliphatic heterocycles. The van der Waals surface area contributed by atoms with Crippen LogP contribution in [0.5, 0.6) is 0 Å². The number of carbonyl (C=O) groups is 1. The van der Waals surface area contributed by atoms with E-state index in [0.29, 0.717) is 29.7 Å². The highest BCUT2D eigenvalue weighted by atomic mass is 16.5. The second-order valence-corrected chi connectivity index (χ2v) is 4.92. The Morgan fingerprint density at radius 3 is 2.95 bits per heavy atom. The molecular weight excluding hydrogens is 262 g/mol. The van der Waals surface area contributed by atoms with Crippen LogP contribution < -0.4 is 0 Å². The van der Waals surface area contributed by atoms with Crippen molar-refractivity contribution in [1.82, 2.24) is 25.1 Å². The molecule has 20 heavy (non-hydrogen) atoms. The molecule has 2 aromatic rings. The first-order chi connectivity index (χ1) is 9.69. The Kier molecular flexibility index (Phi) is 3.21. The number of hydrogen-bond acceptors (Lipinski definition) is 6. The molecule has 8 nitrogen and oxygen atoms in total. The fraction of sp³-hybridized carbons (Fsp3) is 0.583. The molecule has 1 aliphatic rings. The summed E-state index contributed by atoms with van der Waals surface area (Å²) in [5.41, 5.74) is 0.593. The van der Waals surface area contributed by atoms with Crippen molar-refractivity contribution < 1.29 is 14.4 Å². The fourth-order valence-corrected chi connectivity index (χ4v) is 2.07.